The Labute approximate surface area is 155 Å². The third-order valence-corrected chi connectivity index (χ3v) is 6.63. The lowest BCUT2D eigenvalue weighted by atomic mass is 10.1. The Bertz CT molecular complexity index is 953. The minimum absolute atomic E-state index is 0.152. The van der Waals surface area contributed by atoms with Crippen LogP contribution in [0, 0.1) is 11.3 Å². The maximum atomic E-state index is 12.2. The number of anilines is 1. The Hall–Kier alpha value is -2.15. The fraction of sp³-hybridized carbons (Fsp3) is 0.250. The molecule has 0 saturated heterocycles. The van der Waals surface area contributed by atoms with Crippen molar-refractivity contribution >= 4 is 45.3 Å². The van der Waals surface area contributed by atoms with Gasteiger partial charge in [0.25, 0.3) is 11.1 Å². The highest BCUT2D eigenvalue weighted by Crippen LogP contribution is 2.38. The van der Waals surface area contributed by atoms with E-state index in [0.29, 0.717) is 21.7 Å². The number of nitrogens with one attached hydrogen (secondary N) is 1. The van der Waals surface area contributed by atoms with Gasteiger partial charge in [0.05, 0.1) is 16.2 Å². The summed E-state index contributed by atoms with van der Waals surface area (Å²) < 4.78 is 5.54. The number of aryl methyl sites for hydroxylation is 1. The van der Waals surface area contributed by atoms with Crippen molar-refractivity contribution in [1.82, 2.24) is 10.2 Å². The first kappa shape index (κ1) is 16.3. The summed E-state index contributed by atoms with van der Waals surface area (Å²) in [6, 6.07) is 6.04. The second kappa shape index (κ2) is 7.00. The monoisotopic (exact) mass is 388 g/mol. The van der Waals surface area contributed by atoms with Crippen LogP contribution in [0.4, 0.5) is 5.00 Å². The number of thioether (sulfide) groups is 1. The number of hydrogen-bond acceptors (Lipinski definition) is 8. The smallest absolute Gasteiger partial charge is 0.277 e. The van der Waals surface area contributed by atoms with Crippen LogP contribution in [0.1, 0.15) is 22.4 Å². The van der Waals surface area contributed by atoms with Crippen LogP contribution in [0.25, 0.3) is 10.8 Å². The van der Waals surface area contributed by atoms with Crippen LogP contribution in [0.2, 0.25) is 0 Å². The van der Waals surface area contributed by atoms with Crippen molar-refractivity contribution in [2.75, 3.05) is 11.1 Å². The average Bonchev–Trinajstić information content (AvgIpc) is 3.36. The molecule has 0 unspecified atom stereocenters. The van der Waals surface area contributed by atoms with E-state index in [4.69, 9.17) is 4.42 Å². The first-order valence-electron chi connectivity index (χ1n) is 7.59. The van der Waals surface area contributed by atoms with Gasteiger partial charge in [0.1, 0.15) is 11.1 Å². The molecule has 3 heterocycles. The normalized spacial score (nSPS) is 12.8. The Morgan fingerprint density at radius 3 is 3.16 bits per heavy atom. The molecule has 0 atom stereocenters. The summed E-state index contributed by atoms with van der Waals surface area (Å²) in [5.41, 5.74) is 1.72. The number of carbonyl (C=O) groups is 1. The summed E-state index contributed by atoms with van der Waals surface area (Å²) in [5, 5.41) is 23.1. The third kappa shape index (κ3) is 3.33. The van der Waals surface area contributed by atoms with Crippen molar-refractivity contribution < 1.29 is 9.21 Å². The van der Waals surface area contributed by atoms with Gasteiger partial charge in [-0.1, -0.05) is 17.8 Å². The molecule has 1 N–H and O–H groups in total. The number of thiophene rings is 2. The lowest BCUT2D eigenvalue weighted by Crippen LogP contribution is -2.14. The number of hydrogen-bond donors (Lipinski definition) is 1. The topological polar surface area (TPSA) is 91.8 Å². The molecule has 0 fully saturated rings. The summed E-state index contributed by atoms with van der Waals surface area (Å²) in [4.78, 5) is 14.3. The second-order valence-corrected chi connectivity index (χ2v) is 8.34. The maximum absolute atomic E-state index is 12.2. The molecule has 0 spiro atoms. The van der Waals surface area contributed by atoms with Gasteiger partial charge in [0.15, 0.2) is 0 Å². The van der Waals surface area contributed by atoms with E-state index in [1.54, 1.807) is 0 Å². The molecule has 1 aliphatic rings. The fourth-order valence-corrected chi connectivity index (χ4v) is 5.13. The number of fused-ring (bicyclic) bond motifs is 1. The molecule has 25 heavy (non-hydrogen) atoms. The molecular weight excluding hydrogens is 376 g/mol. The fourth-order valence-electron chi connectivity index (χ4n) is 2.67. The van der Waals surface area contributed by atoms with Crippen molar-refractivity contribution in [1.29, 1.82) is 5.26 Å². The van der Waals surface area contributed by atoms with Gasteiger partial charge in [-0.15, -0.1) is 32.9 Å². The summed E-state index contributed by atoms with van der Waals surface area (Å²) in [6.45, 7) is 0. The van der Waals surface area contributed by atoms with E-state index < -0.39 is 0 Å². The van der Waals surface area contributed by atoms with Crippen LogP contribution in [0.5, 0.6) is 0 Å². The zero-order valence-electron chi connectivity index (χ0n) is 12.9. The quantitative estimate of drug-likeness (QED) is 0.665. The van der Waals surface area contributed by atoms with Gasteiger partial charge in [-0.3, -0.25) is 4.79 Å². The van der Waals surface area contributed by atoms with Crippen molar-refractivity contribution in [2.45, 2.75) is 24.5 Å². The number of nitriles is 1. The number of amides is 1. The van der Waals surface area contributed by atoms with Crippen LogP contribution in [0.3, 0.4) is 0 Å². The Morgan fingerprint density at radius 2 is 2.36 bits per heavy atom. The van der Waals surface area contributed by atoms with Crippen LogP contribution in [-0.4, -0.2) is 21.9 Å². The highest BCUT2D eigenvalue weighted by atomic mass is 32.2. The van der Waals surface area contributed by atoms with Gasteiger partial charge in [-0.05, 0) is 36.3 Å². The number of rotatable bonds is 5. The van der Waals surface area contributed by atoms with E-state index in [0.717, 1.165) is 29.7 Å². The molecule has 4 rings (SSSR count). The van der Waals surface area contributed by atoms with Gasteiger partial charge >= 0.3 is 0 Å². The van der Waals surface area contributed by atoms with Gasteiger partial charge in [-0.2, -0.15) is 5.26 Å². The van der Waals surface area contributed by atoms with Gasteiger partial charge in [-0.25, -0.2) is 0 Å². The van der Waals surface area contributed by atoms with Gasteiger partial charge in [0.2, 0.25) is 5.91 Å². The van der Waals surface area contributed by atoms with E-state index in [9.17, 15) is 10.1 Å². The first-order valence-corrected chi connectivity index (χ1v) is 10.3. The van der Waals surface area contributed by atoms with E-state index in [2.05, 4.69) is 21.6 Å². The summed E-state index contributed by atoms with van der Waals surface area (Å²) >= 11 is 4.21. The van der Waals surface area contributed by atoms with Gasteiger partial charge in [0, 0.05) is 4.88 Å². The molecule has 6 nitrogen and oxygen atoms in total. The molecule has 126 valence electrons. The second-order valence-electron chi connectivity index (χ2n) is 5.36. The number of nitrogens with zero attached hydrogens (tertiary/aromatic N) is 3. The molecule has 9 heteroatoms. The Balaban J connectivity index is 1.38. The number of carbonyl (C=O) groups excluding carboxylic acids is 1. The van der Waals surface area contributed by atoms with E-state index in [1.165, 1.54) is 39.3 Å². The maximum Gasteiger partial charge on any atom is 0.277 e. The molecule has 0 aromatic carbocycles. The van der Waals surface area contributed by atoms with Crippen molar-refractivity contribution in [3.05, 3.63) is 33.5 Å². The molecule has 0 aliphatic heterocycles. The SMILES string of the molecule is N#Cc1c(NC(=O)CSc2nnc(-c3cccs3)o2)sc2c1CCC2. The molecule has 0 radical (unpaired) electrons. The molecular formula is C16H12N4O2S3. The van der Waals surface area contributed by atoms with Crippen molar-refractivity contribution in [3.8, 4) is 16.8 Å². The predicted octanol–water partition coefficient (Wildman–Crippen LogP) is 3.95. The highest BCUT2D eigenvalue weighted by Gasteiger charge is 2.23. The van der Waals surface area contributed by atoms with E-state index in [-0.39, 0.29) is 11.7 Å². The minimum atomic E-state index is -0.183. The highest BCUT2D eigenvalue weighted by molar-refractivity contribution is 7.99. The average molecular weight is 388 g/mol. The molecule has 0 bridgehead atoms. The molecule has 1 amide bonds. The summed E-state index contributed by atoms with van der Waals surface area (Å²) in [7, 11) is 0. The minimum Gasteiger partial charge on any atom is -0.410 e. The zero-order valence-corrected chi connectivity index (χ0v) is 15.4. The Morgan fingerprint density at radius 1 is 1.44 bits per heavy atom. The molecule has 0 saturated carbocycles. The van der Waals surface area contributed by atoms with Crippen molar-refractivity contribution in [3.63, 3.8) is 0 Å². The number of aromatic nitrogens is 2. The molecule has 1 aliphatic carbocycles. The first-order chi connectivity index (χ1) is 12.2. The van der Waals surface area contributed by atoms with E-state index >= 15 is 0 Å². The van der Waals surface area contributed by atoms with E-state index in [1.807, 2.05) is 17.5 Å². The van der Waals surface area contributed by atoms with Gasteiger partial charge < -0.3 is 9.73 Å². The van der Waals surface area contributed by atoms with Crippen LogP contribution >= 0.6 is 34.4 Å². The lowest BCUT2D eigenvalue weighted by Gasteiger charge is -2.02. The van der Waals surface area contributed by atoms with Crippen LogP contribution in [-0.2, 0) is 17.6 Å². The zero-order chi connectivity index (χ0) is 17.2. The molecule has 3 aromatic heterocycles. The van der Waals surface area contributed by atoms with Crippen molar-refractivity contribution in [2.24, 2.45) is 0 Å². The predicted molar refractivity (Wildman–Crippen MR) is 98.0 cm³/mol. The van der Waals surface area contributed by atoms with Crippen LogP contribution < -0.4 is 5.32 Å². The standard InChI is InChI=1S/C16H12N4O2S3/c17-7-10-9-3-1-4-11(9)25-15(10)18-13(21)8-24-16-20-19-14(22-16)12-5-2-6-23-12/h2,5-6H,1,3-4,8H2,(H,18,21). The lowest BCUT2D eigenvalue weighted by molar-refractivity contribution is -0.113. The largest absolute Gasteiger partial charge is 0.410 e. The summed E-state index contributed by atoms with van der Waals surface area (Å²) in [6.07, 6.45) is 3.00. The molecule has 3 aromatic rings. The third-order valence-electron chi connectivity index (χ3n) is 3.75. The Kier molecular flexibility index (Phi) is 4.57. The van der Waals surface area contributed by atoms with Crippen LogP contribution in [0.15, 0.2) is 27.2 Å². The summed E-state index contributed by atoms with van der Waals surface area (Å²) in [5.74, 6) is 0.427.